The van der Waals surface area contributed by atoms with E-state index in [9.17, 15) is 14.5 Å². The van der Waals surface area contributed by atoms with Gasteiger partial charge in [-0.15, -0.1) is 6.42 Å². The number of para-hydroxylation sites is 1. The molecule has 0 saturated carbocycles. The predicted octanol–water partition coefficient (Wildman–Crippen LogP) is 4.07. The number of anilines is 1. The number of aliphatic hydroxyl groups is 1. The molecule has 5 rings (SSSR count). The fraction of sp³-hybridized carbons (Fsp3) is 0.333. The number of nitrogen functional groups attached to an aromatic ring is 1. The zero-order valence-corrected chi connectivity index (χ0v) is 26.1. The molecule has 4 aromatic rings. The van der Waals surface area contributed by atoms with Crippen LogP contribution in [0, 0.1) is 12.3 Å². The molecule has 15 heteroatoms. The van der Waals surface area contributed by atoms with E-state index >= 15 is 0 Å². The number of carbonyl (C=O) groups is 1. The Morgan fingerprint density at radius 1 is 1.24 bits per heavy atom. The van der Waals surface area contributed by atoms with Gasteiger partial charge in [-0.2, -0.15) is 15.1 Å². The molecule has 5 atom stereocenters. The van der Waals surface area contributed by atoms with E-state index in [1.165, 1.54) is 10.9 Å². The molecule has 0 unspecified atom stereocenters. The third-order valence-corrected chi connectivity index (χ3v) is 8.65. The number of ether oxygens (including phenoxy) is 2. The van der Waals surface area contributed by atoms with Crippen LogP contribution in [-0.4, -0.2) is 61.1 Å². The Bertz CT molecular complexity index is 1740. The lowest BCUT2D eigenvalue weighted by Crippen LogP contribution is -2.44. The van der Waals surface area contributed by atoms with Crippen LogP contribution < -0.4 is 15.3 Å². The summed E-state index contributed by atoms with van der Waals surface area (Å²) >= 11 is 6.01. The van der Waals surface area contributed by atoms with E-state index in [1.54, 1.807) is 44.2 Å². The van der Waals surface area contributed by atoms with Crippen molar-refractivity contribution >= 4 is 42.3 Å². The summed E-state index contributed by atoms with van der Waals surface area (Å²) < 4.78 is 39.3. The average Bonchev–Trinajstić information content (AvgIpc) is 3.57. The van der Waals surface area contributed by atoms with Gasteiger partial charge in [0.15, 0.2) is 17.1 Å². The van der Waals surface area contributed by atoms with E-state index in [4.69, 9.17) is 42.3 Å². The summed E-state index contributed by atoms with van der Waals surface area (Å²) in [5.41, 5.74) is 5.48. The van der Waals surface area contributed by atoms with Gasteiger partial charge in [0.1, 0.15) is 36.2 Å². The number of benzene rings is 2. The summed E-state index contributed by atoms with van der Waals surface area (Å²) in [6, 6.07) is 16.3. The van der Waals surface area contributed by atoms with E-state index in [-0.39, 0.29) is 40.9 Å². The number of halogens is 1. The lowest BCUT2D eigenvalue weighted by atomic mass is 9.99. The van der Waals surface area contributed by atoms with Crippen molar-refractivity contribution in [2.24, 2.45) is 0 Å². The van der Waals surface area contributed by atoms with Crippen molar-refractivity contribution in [3.05, 3.63) is 77.8 Å². The number of carbonyl (C=O) groups excluding carboxylic acids is 1. The normalized spacial score (nSPS) is 21.7. The summed E-state index contributed by atoms with van der Waals surface area (Å²) in [5.74, 6) is 2.06. The van der Waals surface area contributed by atoms with Gasteiger partial charge in [0, 0.05) is 6.42 Å². The molecule has 1 fully saturated rings. The Morgan fingerprint density at radius 2 is 1.93 bits per heavy atom. The smallest absolute Gasteiger partial charge is 0.459 e. The van der Waals surface area contributed by atoms with Crippen molar-refractivity contribution in [1.29, 1.82) is 0 Å². The largest absolute Gasteiger partial charge is 0.462 e. The van der Waals surface area contributed by atoms with Gasteiger partial charge in [0.2, 0.25) is 5.28 Å². The number of fused-ring (bicyclic) bond motifs is 1. The van der Waals surface area contributed by atoms with Crippen LogP contribution in [0.15, 0.2) is 67.0 Å². The predicted molar refractivity (Wildman–Crippen MR) is 166 cm³/mol. The number of terminal acetylenes is 1. The fourth-order valence-electron chi connectivity index (χ4n) is 4.77. The molecule has 1 aliphatic rings. The maximum absolute atomic E-state index is 14.4. The molecule has 0 aliphatic carbocycles. The number of imidazole rings is 1. The second kappa shape index (κ2) is 13.5. The molecule has 0 bridgehead atoms. The van der Waals surface area contributed by atoms with Crippen LogP contribution in [0.2, 0.25) is 5.28 Å². The van der Waals surface area contributed by atoms with Gasteiger partial charge in [-0.1, -0.05) is 54.5 Å². The third-order valence-electron chi connectivity index (χ3n) is 6.94. The zero-order valence-electron chi connectivity index (χ0n) is 24.4. The quantitative estimate of drug-likeness (QED) is 0.0866. The Labute approximate surface area is 264 Å². The number of esters is 1. The molecular weight excluding hydrogens is 623 g/mol. The summed E-state index contributed by atoms with van der Waals surface area (Å²) in [6.45, 7) is 2.83. The molecule has 236 valence electrons. The number of aliphatic hydroxyl groups excluding tert-OH is 1. The number of nitrogens with one attached hydrogen (secondary N) is 1. The Morgan fingerprint density at radius 3 is 2.60 bits per heavy atom. The molecule has 3 heterocycles. The Balaban J connectivity index is 1.42. The second-order valence-electron chi connectivity index (χ2n) is 10.6. The lowest BCUT2D eigenvalue weighted by Gasteiger charge is -2.30. The summed E-state index contributed by atoms with van der Waals surface area (Å²) in [4.78, 5) is 25.5. The van der Waals surface area contributed by atoms with Gasteiger partial charge in [0.25, 0.3) is 0 Å². The highest BCUT2D eigenvalue weighted by atomic mass is 35.5. The van der Waals surface area contributed by atoms with E-state index in [2.05, 4.69) is 26.0 Å². The minimum absolute atomic E-state index is 0.00480. The molecule has 2 aromatic heterocycles. The highest BCUT2D eigenvalue weighted by molar-refractivity contribution is 7.52. The maximum Gasteiger partial charge on any atom is 0.459 e. The van der Waals surface area contributed by atoms with E-state index in [1.807, 2.05) is 30.3 Å². The van der Waals surface area contributed by atoms with Crippen LogP contribution >= 0.6 is 19.3 Å². The maximum atomic E-state index is 14.4. The topological polar surface area (TPSA) is 173 Å². The van der Waals surface area contributed by atoms with Crippen molar-refractivity contribution < 1.29 is 33.0 Å². The molecule has 1 saturated heterocycles. The fourth-order valence-corrected chi connectivity index (χ4v) is 6.46. The van der Waals surface area contributed by atoms with Crippen molar-refractivity contribution in [3.63, 3.8) is 0 Å². The number of hydrogen-bond donors (Lipinski definition) is 3. The molecular formula is C30H32ClN6O7P. The minimum atomic E-state index is -4.41. The lowest BCUT2D eigenvalue weighted by molar-refractivity contribution is -0.149. The first-order valence-corrected chi connectivity index (χ1v) is 15.9. The Kier molecular flexibility index (Phi) is 9.74. The molecule has 2 aromatic carbocycles. The van der Waals surface area contributed by atoms with E-state index in [0.29, 0.717) is 0 Å². The Hall–Kier alpha value is -4.02. The van der Waals surface area contributed by atoms with Crippen LogP contribution in [0.5, 0.6) is 5.75 Å². The number of nitrogens with two attached hydrogens (primary N) is 1. The number of hydrogen-bond acceptors (Lipinski definition) is 11. The van der Waals surface area contributed by atoms with Crippen molar-refractivity contribution in [1.82, 2.24) is 24.6 Å². The first-order valence-electron chi connectivity index (χ1n) is 14.0. The van der Waals surface area contributed by atoms with Gasteiger partial charge in [-0.3, -0.25) is 13.9 Å². The molecule has 0 spiro atoms. The second-order valence-corrected chi connectivity index (χ2v) is 12.6. The van der Waals surface area contributed by atoms with Crippen LogP contribution in [0.25, 0.3) is 11.2 Å². The van der Waals surface area contributed by atoms with Crippen molar-refractivity contribution in [3.8, 4) is 18.1 Å². The van der Waals surface area contributed by atoms with Gasteiger partial charge in [-0.25, -0.2) is 9.55 Å². The van der Waals surface area contributed by atoms with Crippen molar-refractivity contribution in [2.75, 3.05) is 12.3 Å². The number of rotatable bonds is 12. The zero-order chi connectivity index (χ0) is 32.2. The van der Waals surface area contributed by atoms with E-state index in [0.717, 1.165) is 5.56 Å². The highest BCUT2D eigenvalue weighted by Crippen LogP contribution is 2.48. The SMILES string of the molecule is C#C[C@]1(CO[P@@](=O)(N[C@H](Cc2ccccc2)C(=O)OC(C)C)Oc2ccccc2)O[C@@H](n2cnc3c(N)nc(Cl)nc32)C[C@@H]1O. The summed E-state index contributed by atoms with van der Waals surface area (Å²) in [5, 5.41) is 13.8. The van der Waals surface area contributed by atoms with Gasteiger partial charge in [-0.05, 0) is 49.6 Å². The molecule has 1 aliphatic heterocycles. The molecule has 13 nitrogen and oxygen atoms in total. The van der Waals surface area contributed by atoms with Crippen LogP contribution in [0.1, 0.15) is 32.1 Å². The minimum Gasteiger partial charge on any atom is -0.462 e. The van der Waals surface area contributed by atoms with Crippen LogP contribution in [-0.2, 0) is 29.8 Å². The van der Waals surface area contributed by atoms with Crippen molar-refractivity contribution in [2.45, 2.75) is 56.8 Å². The van der Waals surface area contributed by atoms with E-state index < -0.39 is 50.4 Å². The first-order chi connectivity index (χ1) is 21.5. The van der Waals surface area contributed by atoms with Gasteiger partial charge < -0.3 is 24.8 Å². The molecule has 0 amide bonds. The third kappa shape index (κ3) is 7.45. The van der Waals surface area contributed by atoms with Crippen LogP contribution in [0.4, 0.5) is 5.82 Å². The average molecular weight is 655 g/mol. The highest BCUT2D eigenvalue weighted by Gasteiger charge is 2.50. The molecule has 4 N–H and O–H groups in total. The standard InChI is InChI=1S/C30H32ClN6O7P/c1-4-30(23(38)16-24(43-30)37-18-33-25-26(32)34-29(31)35-27(25)37)17-41-45(40,44-21-13-9-6-10-14-21)36-22(28(39)42-19(2)3)15-20-11-7-5-8-12-20/h1,5-14,18-19,22-24,38H,15-17H2,2-3H3,(H,36,40)(H2,32,34,35)/t22-,23+,24-,30-,45+/m1/s1. The van der Waals surface area contributed by atoms with Crippen LogP contribution in [0.3, 0.4) is 0 Å². The monoisotopic (exact) mass is 654 g/mol. The molecule has 45 heavy (non-hydrogen) atoms. The summed E-state index contributed by atoms with van der Waals surface area (Å²) in [7, 11) is -4.41. The number of aromatic nitrogens is 4. The summed E-state index contributed by atoms with van der Waals surface area (Å²) in [6.07, 6.45) is 4.82. The number of nitrogens with zero attached hydrogens (tertiary/aromatic N) is 4. The molecule has 0 radical (unpaired) electrons. The first kappa shape index (κ1) is 32.4. The van der Waals surface area contributed by atoms with Gasteiger partial charge in [0.05, 0.1) is 12.4 Å². The van der Waals surface area contributed by atoms with Gasteiger partial charge >= 0.3 is 13.7 Å².